The minimum Gasteiger partial charge on any atom is -0.385 e. The number of nitrogens with zero attached hydrogens (tertiary/aromatic N) is 4. The fraction of sp³-hybridized carbons (Fsp3) is 0.529. The highest BCUT2D eigenvalue weighted by atomic mass is 16.5. The van der Waals surface area contributed by atoms with Crippen LogP contribution in [0.15, 0.2) is 24.3 Å². The monoisotopic (exact) mass is 315 g/mol. The lowest BCUT2D eigenvalue weighted by Gasteiger charge is -2.32. The Morgan fingerprint density at radius 2 is 1.91 bits per heavy atom. The topological polar surface area (TPSA) is 53.5 Å². The molecule has 1 N–H and O–H groups in total. The molecule has 1 saturated heterocycles. The van der Waals surface area contributed by atoms with Crippen molar-refractivity contribution in [3.8, 4) is 0 Å². The molecule has 1 aliphatic rings. The quantitative estimate of drug-likeness (QED) is 0.821. The number of anilines is 2. The van der Waals surface area contributed by atoms with E-state index in [2.05, 4.69) is 34.3 Å². The zero-order chi connectivity index (χ0) is 16.1. The number of rotatable bonds is 6. The molecule has 0 amide bonds. The van der Waals surface area contributed by atoms with Crippen LogP contribution in [0.5, 0.6) is 0 Å². The molecular weight excluding hydrogens is 290 g/mol. The van der Waals surface area contributed by atoms with E-state index in [9.17, 15) is 0 Å². The fourth-order valence-corrected chi connectivity index (χ4v) is 2.77. The van der Waals surface area contributed by atoms with Crippen molar-refractivity contribution in [1.29, 1.82) is 0 Å². The van der Waals surface area contributed by atoms with Gasteiger partial charge in [0.05, 0.1) is 5.52 Å². The average Bonchev–Trinajstić information content (AvgIpc) is 2.59. The number of hydrogen-bond acceptors (Lipinski definition) is 6. The predicted octanol–water partition coefficient (Wildman–Crippen LogP) is 1.83. The smallest absolute Gasteiger partial charge is 0.227 e. The SMILES string of the molecule is COCCCNc1nc(N2CCN(C)CC2)nc2ccccc12. The largest absolute Gasteiger partial charge is 0.385 e. The molecular formula is C17H25N5O. The molecule has 2 heterocycles. The van der Waals surface area contributed by atoms with Gasteiger partial charge in [-0.25, -0.2) is 4.98 Å². The Balaban J connectivity index is 1.84. The molecule has 0 spiro atoms. The first-order valence-corrected chi connectivity index (χ1v) is 8.21. The molecule has 0 unspecified atom stereocenters. The molecule has 0 bridgehead atoms. The lowest BCUT2D eigenvalue weighted by Crippen LogP contribution is -2.45. The maximum absolute atomic E-state index is 5.11. The van der Waals surface area contributed by atoms with Crippen LogP contribution in [0.1, 0.15) is 6.42 Å². The van der Waals surface area contributed by atoms with E-state index in [-0.39, 0.29) is 0 Å². The number of hydrogen-bond donors (Lipinski definition) is 1. The molecule has 1 fully saturated rings. The number of fused-ring (bicyclic) bond motifs is 1. The zero-order valence-electron chi connectivity index (χ0n) is 14.0. The van der Waals surface area contributed by atoms with Crippen LogP contribution in [0.2, 0.25) is 0 Å². The molecule has 1 aliphatic heterocycles. The summed E-state index contributed by atoms with van der Waals surface area (Å²) in [6.45, 7) is 5.63. The molecule has 6 nitrogen and oxygen atoms in total. The number of benzene rings is 1. The van der Waals surface area contributed by atoms with Gasteiger partial charge in [-0.3, -0.25) is 0 Å². The van der Waals surface area contributed by atoms with Gasteiger partial charge in [-0.2, -0.15) is 4.98 Å². The summed E-state index contributed by atoms with van der Waals surface area (Å²) in [4.78, 5) is 14.2. The van der Waals surface area contributed by atoms with Crippen molar-refractivity contribution < 1.29 is 4.74 Å². The molecule has 0 radical (unpaired) electrons. The highest BCUT2D eigenvalue weighted by Crippen LogP contribution is 2.24. The van der Waals surface area contributed by atoms with Gasteiger partial charge in [0.25, 0.3) is 0 Å². The standard InChI is InChI=1S/C17H25N5O/c1-21-9-11-22(12-10-21)17-19-15-7-4-3-6-14(15)16(20-17)18-8-5-13-23-2/h3-4,6-7H,5,8-13H2,1-2H3,(H,18,19,20). The third kappa shape index (κ3) is 3.89. The second-order valence-electron chi connectivity index (χ2n) is 5.95. The molecule has 0 aliphatic carbocycles. The summed E-state index contributed by atoms with van der Waals surface area (Å²) < 4.78 is 5.11. The summed E-state index contributed by atoms with van der Waals surface area (Å²) in [6, 6.07) is 8.18. The van der Waals surface area contributed by atoms with Crippen molar-refractivity contribution in [1.82, 2.24) is 14.9 Å². The van der Waals surface area contributed by atoms with Crippen LogP contribution in [0.25, 0.3) is 10.9 Å². The van der Waals surface area contributed by atoms with Gasteiger partial charge in [0.1, 0.15) is 5.82 Å². The maximum Gasteiger partial charge on any atom is 0.227 e. The van der Waals surface area contributed by atoms with Crippen molar-refractivity contribution in [2.75, 3.05) is 63.7 Å². The minimum atomic E-state index is 0.751. The summed E-state index contributed by atoms with van der Waals surface area (Å²) in [5.74, 6) is 1.74. The first-order valence-electron chi connectivity index (χ1n) is 8.21. The van der Waals surface area contributed by atoms with Gasteiger partial charge in [-0.05, 0) is 25.6 Å². The summed E-state index contributed by atoms with van der Waals surface area (Å²) in [7, 11) is 3.88. The van der Waals surface area contributed by atoms with E-state index < -0.39 is 0 Å². The number of aromatic nitrogens is 2. The Kier molecular flexibility index (Phi) is 5.25. The molecule has 0 atom stereocenters. The molecule has 6 heteroatoms. The maximum atomic E-state index is 5.11. The Morgan fingerprint density at radius 3 is 2.70 bits per heavy atom. The lowest BCUT2D eigenvalue weighted by atomic mass is 10.2. The Hall–Kier alpha value is -1.92. The Bertz CT molecular complexity index is 640. The van der Waals surface area contributed by atoms with Crippen LogP contribution >= 0.6 is 0 Å². The minimum absolute atomic E-state index is 0.751. The van der Waals surface area contributed by atoms with E-state index in [4.69, 9.17) is 14.7 Å². The number of piperazine rings is 1. The average molecular weight is 315 g/mol. The van der Waals surface area contributed by atoms with Crippen LogP contribution in [0, 0.1) is 0 Å². The van der Waals surface area contributed by atoms with E-state index in [0.29, 0.717) is 0 Å². The lowest BCUT2D eigenvalue weighted by molar-refractivity contribution is 0.198. The van der Waals surface area contributed by atoms with E-state index in [1.165, 1.54) is 0 Å². The highest BCUT2D eigenvalue weighted by molar-refractivity contribution is 5.90. The van der Waals surface area contributed by atoms with Gasteiger partial charge < -0.3 is 19.9 Å². The second kappa shape index (κ2) is 7.57. The first kappa shape index (κ1) is 16.0. The summed E-state index contributed by atoms with van der Waals surface area (Å²) in [5, 5.41) is 4.51. The van der Waals surface area contributed by atoms with Crippen LogP contribution in [0.3, 0.4) is 0 Å². The number of ether oxygens (including phenoxy) is 1. The molecule has 1 aromatic carbocycles. The third-order valence-corrected chi connectivity index (χ3v) is 4.20. The van der Waals surface area contributed by atoms with Gasteiger partial charge in [0.2, 0.25) is 5.95 Å². The van der Waals surface area contributed by atoms with Gasteiger partial charge in [0, 0.05) is 51.8 Å². The van der Waals surface area contributed by atoms with Crippen LogP contribution < -0.4 is 10.2 Å². The fourth-order valence-electron chi connectivity index (χ4n) is 2.77. The molecule has 3 rings (SSSR count). The van der Waals surface area contributed by atoms with Crippen LogP contribution in [-0.2, 0) is 4.74 Å². The Morgan fingerprint density at radius 1 is 1.13 bits per heavy atom. The van der Waals surface area contributed by atoms with Gasteiger partial charge in [0.15, 0.2) is 0 Å². The van der Waals surface area contributed by atoms with Gasteiger partial charge in [-0.15, -0.1) is 0 Å². The van der Waals surface area contributed by atoms with Gasteiger partial charge in [-0.1, -0.05) is 12.1 Å². The van der Waals surface area contributed by atoms with E-state index in [0.717, 1.165) is 68.4 Å². The normalized spacial score (nSPS) is 16.0. The molecule has 2 aromatic rings. The Labute approximate surface area is 137 Å². The zero-order valence-corrected chi connectivity index (χ0v) is 14.0. The first-order chi connectivity index (χ1) is 11.3. The summed E-state index contributed by atoms with van der Waals surface area (Å²) in [6.07, 6.45) is 0.957. The van der Waals surface area contributed by atoms with Crippen LogP contribution in [-0.4, -0.2) is 68.4 Å². The van der Waals surface area contributed by atoms with E-state index >= 15 is 0 Å². The summed E-state index contributed by atoms with van der Waals surface area (Å²) >= 11 is 0. The predicted molar refractivity (Wildman–Crippen MR) is 94.2 cm³/mol. The summed E-state index contributed by atoms with van der Waals surface area (Å²) in [5.41, 5.74) is 0.991. The van der Waals surface area contributed by atoms with Gasteiger partial charge >= 0.3 is 0 Å². The number of methoxy groups -OCH3 is 1. The highest BCUT2D eigenvalue weighted by Gasteiger charge is 2.18. The van der Waals surface area contributed by atoms with Crippen molar-refractivity contribution in [2.24, 2.45) is 0 Å². The number of nitrogens with one attached hydrogen (secondary N) is 1. The van der Waals surface area contributed by atoms with Crippen molar-refractivity contribution in [3.05, 3.63) is 24.3 Å². The van der Waals surface area contributed by atoms with Crippen molar-refractivity contribution in [3.63, 3.8) is 0 Å². The van der Waals surface area contributed by atoms with Crippen LogP contribution in [0.4, 0.5) is 11.8 Å². The molecule has 0 saturated carbocycles. The number of para-hydroxylation sites is 1. The van der Waals surface area contributed by atoms with Crippen molar-refractivity contribution >= 4 is 22.7 Å². The second-order valence-corrected chi connectivity index (χ2v) is 5.95. The van der Waals surface area contributed by atoms with E-state index in [1.807, 2.05) is 12.1 Å². The molecule has 1 aromatic heterocycles. The molecule has 23 heavy (non-hydrogen) atoms. The van der Waals surface area contributed by atoms with Crippen molar-refractivity contribution in [2.45, 2.75) is 6.42 Å². The third-order valence-electron chi connectivity index (χ3n) is 4.20. The molecule has 124 valence electrons. The number of likely N-dealkylation sites (N-methyl/N-ethyl adjacent to an activating group) is 1. The van der Waals surface area contributed by atoms with E-state index in [1.54, 1.807) is 7.11 Å².